The monoisotopic (exact) mass is 1460 g/mol. The number of carbonyl (C=O) groups is 6. The number of rotatable bonds is 18. The first-order valence-corrected chi connectivity index (χ1v) is 22.4. The third-order valence-electron chi connectivity index (χ3n) is 7.37. The van der Waals surface area contributed by atoms with Gasteiger partial charge in [0.05, 0.1) is 86.0 Å². The molecule has 19 nitrogen and oxygen atoms in total. The Morgan fingerprint density at radius 3 is 1.50 bits per heavy atom. The number of alkyl halides is 1. The number of hydrogen-bond donors (Lipinski definition) is 11. The van der Waals surface area contributed by atoms with Crippen molar-refractivity contribution in [3.63, 3.8) is 0 Å². The first-order valence-electron chi connectivity index (χ1n) is 15.7. The number of nitrogens with zero attached hydrogens (tertiary/aromatic N) is 2. The molecule has 0 aliphatic carbocycles. The summed E-state index contributed by atoms with van der Waals surface area (Å²) in [6, 6.07) is 1.20. The van der Waals surface area contributed by atoms with Crippen LogP contribution in [0.3, 0.4) is 0 Å². The number of nitrogens with one attached hydrogen (secondary N) is 4. The van der Waals surface area contributed by atoms with Gasteiger partial charge in [0.1, 0.15) is 6.61 Å². The summed E-state index contributed by atoms with van der Waals surface area (Å²) in [4.78, 5) is 82.6. The molecule has 0 heterocycles. The predicted octanol–water partition coefficient (Wildman–Crippen LogP) is -0.297. The summed E-state index contributed by atoms with van der Waals surface area (Å²) in [6.07, 6.45) is -3.83. The molecular formula is C31H36I6N6O13. The molecule has 0 aliphatic rings. The van der Waals surface area contributed by atoms with E-state index >= 15 is 0 Å². The number of carbonyl (C=O) groups excluding carboxylic acids is 6. The first-order chi connectivity index (χ1) is 26.2. The number of hydrogen-bond acceptors (Lipinski definition) is 13. The smallest absolute Gasteiger partial charge is 0.257 e. The molecule has 0 saturated heterocycles. The van der Waals surface area contributed by atoms with Gasteiger partial charge in [-0.05, 0) is 142 Å². The normalized spacial score (nSPS) is 13.2. The van der Waals surface area contributed by atoms with Gasteiger partial charge in [0, 0.05) is 37.3 Å². The lowest BCUT2D eigenvalue weighted by molar-refractivity contribution is -0.118. The van der Waals surface area contributed by atoms with E-state index in [-0.39, 0.29) is 71.1 Å². The summed E-state index contributed by atoms with van der Waals surface area (Å²) in [7, 11) is 2.73. The fraction of sp³-hybridized carbons (Fsp3) is 0.419. The van der Waals surface area contributed by atoms with E-state index in [1.807, 2.05) is 45.2 Å². The molecule has 0 saturated carbocycles. The van der Waals surface area contributed by atoms with Crippen LogP contribution in [0.1, 0.15) is 41.4 Å². The second-order valence-electron chi connectivity index (χ2n) is 11.7. The van der Waals surface area contributed by atoms with Gasteiger partial charge in [0.25, 0.3) is 29.5 Å². The maximum Gasteiger partial charge on any atom is 0.257 e. The van der Waals surface area contributed by atoms with Crippen LogP contribution < -0.4 is 21.3 Å². The summed E-state index contributed by atoms with van der Waals surface area (Å²) in [5, 5.41) is 76.9. The van der Waals surface area contributed by atoms with Gasteiger partial charge in [-0.3, -0.25) is 28.8 Å². The van der Waals surface area contributed by atoms with Crippen molar-refractivity contribution < 1.29 is 64.5 Å². The maximum absolute atomic E-state index is 13.8. The number of aliphatic hydroxyl groups is 7. The Morgan fingerprint density at radius 1 is 0.643 bits per heavy atom. The van der Waals surface area contributed by atoms with Crippen molar-refractivity contribution in [1.29, 1.82) is 0 Å². The topological polar surface area (TPSA) is 299 Å². The summed E-state index contributed by atoms with van der Waals surface area (Å²) in [5.41, 5.74) is -0.340. The van der Waals surface area contributed by atoms with E-state index in [4.69, 9.17) is 5.11 Å². The van der Waals surface area contributed by atoms with E-state index in [0.29, 0.717) is 0 Å². The van der Waals surface area contributed by atoms with Gasteiger partial charge < -0.3 is 66.8 Å². The number of halogens is 6. The molecule has 6 amide bonds. The van der Waals surface area contributed by atoms with Crippen molar-refractivity contribution in [3.8, 4) is 0 Å². The molecular weight excluding hydrogens is 1430 g/mol. The lowest BCUT2D eigenvalue weighted by Gasteiger charge is -2.26. The van der Waals surface area contributed by atoms with Gasteiger partial charge in [-0.2, -0.15) is 0 Å². The van der Waals surface area contributed by atoms with E-state index in [1.54, 1.807) is 90.4 Å². The Labute approximate surface area is 401 Å². The van der Waals surface area contributed by atoms with Crippen LogP contribution in [-0.4, -0.2) is 164 Å². The van der Waals surface area contributed by atoms with Crippen molar-refractivity contribution in [3.05, 3.63) is 46.2 Å². The van der Waals surface area contributed by atoms with Gasteiger partial charge >= 0.3 is 0 Å². The zero-order valence-corrected chi connectivity index (χ0v) is 42.0. The minimum absolute atomic E-state index is 0.00514. The molecule has 4 atom stereocenters. The molecule has 0 spiro atoms. The van der Waals surface area contributed by atoms with Gasteiger partial charge in [-0.1, -0.05) is 0 Å². The number of likely N-dealkylation sites (N-methyl/N-ethyl adjacent to an activating group) is 2. The highest BCUT2D eigenvalue weighted by atomic mass is 127. The van der Waals surface area contributed by atoms with Gasteiger partial charge in [-0.15, -0.1) is 0 Å². The molecule has 0 fully saturated rings. The summed E-state index contributed by atoms with van der Waals surface area (Å²) in [6.45, 7) is -3.71. The Morgan fingerprint density at radius 2 is 1.07 bits per heavy atom. The highest BCUT2D eigenvalue weighted by Gasteiger charge is 2.33. The number of aliphatic hydroxyl groups excluding tert-OH is 7. The fourth-order valence-electron chi connectivity index (χ4n) is 4.52. The number of anilines is 2. The third kappa shape index (κ3) is 13.4. The van der Waals surface area contributed by atoms with Crippen LogP contribution in [-0.2, 0) is 9.59 Å². The Balaban J connectivity index is 2.63. The number of benzene rings is 2. The van der Waals surface area contributed by atoms with Gasteiger partial charge in [0.2, 0.25) is 5.91 Å². The van der Waals surface area contributed by atoms with Crippen molar-refractivity contribution in [2.24, 2.45) is 0 Å². The molecule has 2 aromatic carbocycles. The van der Waals surface area contributed by atoms with E-state index in [0.717, 1.165) is 9.80 Å². The van der Waals surface area contributed by atoms with Crippen LogP contribution in [0.5, 0.6) is 0 Å². The zero-order chi connectivity index (χ0) is 42.8. The second kappa shape index (κ2) is 24.0. The summed E-state index contributed by atoms with van der Waals surface area (Å²) in [5.74, 6) is -4.68. The van der Waals surface area contributed by atoms with Crippen molar-refractivity contribution in [2.75, 3.05) is 70.8 Å². The second-order valence-corrected chi connectivity index (χ2v) is 18.3. The highest BCUT2D eigenvalue weighted by Crippen LogP contribution is 2.37. The highest BCUT2D eigenvalue weighted by molar-refractivity contribution is 14.1. The number of amides is 6. The average Bonchev–Trinajstić information content (AvgIpc) is 3.16. The average molecular weight is 1460 g/mol. The molecule has 310 valence electrons. The summed E-state index contributed by atoms with van der Waals surface area (Å²) < 4.78 is -0.497. The SMILES string of the molecule is CN(CC(O)CO)C(=O)c1c(I)c(NC(=O)C(I)NC(=O)c2cc(C(=O)NCC(O)CO)c(I)c(NC(=O)CO)c2I)c(I)c(C(=O)N(C)CC(O)CO)c1I. The van der Waals surface area contributed by atoms with E-state index < -0.39 is 84.2 Å². The molecule has 0 aliphatic heterocycles. The lowest BCUT2D eigenvalue weighted by Crippen LogP contribution is -2.41. The van der Waals surface area contributed by atoms with Gasteiger partial charge in [0.15, 0.2) is 4.05 Å². The van der Waals surface area contributed by atoms with Crippen LogP contribution in [0.4, 0.5) is 11.4 Å². The standard InChI is InChI=1S/C31H36I6N6O13/c1-42(5-12(49)8-45)30(55)17-21(34)18(31(56)43(2)6-13(50)9-46)23(36)25(22(17)35)40-29(54)26(37)41-28(53)15-3-14(27(52)38-4-11(48)7-44)19(32)24(20(15)33)39-16(51)10-47/h3,11-13,26,44-50H,4-10H2,1-2H3,(H,38,52)(H,39,51)(H,40,54)(H,41,53). The Kier molecular flexibility index (Phi) is 22.0. The Bertz CT molecular complexity index is 1780. The lowest BCUT2D eigenvalue weighted by atomic mass is 10.1. The largest absolute Gasteiger partial charge is 0.394 e. The molecule has 56 heavy (non-hydrogen) atoms. The Hall–Kier alpha value is -0.640. The van der Waals surface area contributed by atoms with Crippen LogP contribution >= 0.6 is 136 Å². The van der Waals surface area contributed by atoms with Crippen molar-refractivity contribution in [1.82, 2.24) is 20.4 Å². The van der Waals surface area contributed by atoms with Crippen LogP contribution in [0.15, 0.2) is 6.07 Å². The quantitative estimate of drug-likeness (QED) is 0.0520. The van der Waals surface area contributed by atoms with Crippen LogP contribution in [0, 0.1) is 17.9 Å². The molecule has 4 unspecified atom stereocenters. The molecule has 2 rings (SSSR count). The van der Waals surface area contributed by atoms with Crippen molar-refractivity contribution in [2.45, 2.75) is 22.4 Å². The fourth-order valence-corrected chi connectivity index (χ4v) is 11.4. The molecule has 0 bridgehead atoms. The maximum atomic E-state index is 13.8. The molecule has 2 aromatic rings. The third-order valence-corrected chi connectivity index (χ3v) is 13.7. The van der Waals surface area contributed by atoms with E-state index in [9.17, 15) is 59.4 Å². The summed E-state index contributed by atoms with van der Waals surface area (Å²) >= 11 is 10.6. The zero-order valence-electron chi connectivity index (χ0n) is 29.1. The molecule has 0 aromatic heterocycles. The molecule has 11 N–H and O–H groups in total. The van der Waals surface area contributed by atoms with Crippen molar-refractivity contribution >= 4 is 182 Å². The van der Waals surface area contributed by atoms with E-state index in [1.165, 1.54) is 20.2 Å². The van der Waals surface area contributed by atoms with Crippen LogP contribution in [0.2, 0.25) is 0 Å². The molecule has 0 radical (unpaired) electrons. The van der Waals surface area contributed by atoms with Crippen LogP contribution in [0.25, 0.3) is 0 Å². The predicted molar refractivity (Wildman–Crippen MR) is 252 cm³/mol. The van der Waals surface area contributed by atoms with E-state index in [2.05, 4.69) is 21.3 Å². The molecule has 25 heteroatoms. The minimum Gasteiger partial charge on any atom is -0.394 e. The van der Waals surface area contributed by atoms with Gasteiger partial charge in [-0.25, -0.2) is 0 Å². The first kappa shape index (κ1) is 51.5. The minimum atomic E-state index is -1.35.